The fourth-order valence-corrected chi connectivity index (χ4v) is 3.50. The fourth-order valence-electron chi connectivity index (χ4n) is 3.50. The van der Waals surface area contributed by atoms with E-state index in [4.69, 9.17) is 0 Å². The van der Waals surface area contributed by atoms with Crippen LogP contribution in [0.4, 0.5) is 0 Å². The molecule has 0 amide bonds. The number of nitrogens with one attached hydrogen (secondary N) is 2. The molecule has 2 N–H and O–H groups in total. The Hall–Kier alpha value is -0.0800. The first-order valence-corrected chi connectivity index (χ1v) is 7.29. The van der Waals surface area contributed by atoms with Gasteiger partial charge in [0.25, 0.3) is 0 Å². The molecule has 16 heavy (non-hydrogen) atoms. The van der Waals surface area contributed by atoms with Crippen LogP contribution in [0, 0.1) is 5.41 Å². The van der Waals surface area contributed by atoms with Gasteiger partial charge in [0.05, 0.1) is 0 Å². The van der Waals surface area contributed by atoms with E-state index >= 15 is 0 Å². The predicted molar refractivity (Wildman–Crippen MR) is 69.7 cm³/mol. The summed E-state index contributed by atoms with van der Waals surface area (Å²) in [7, 11) is 0. The Morgan fingerprint density at radius 2 is 2.06 bits per heavy atom. The molecule has 1 heterocycles. The van der Waals surface area contributed by atoms with E-state index in [1.807, 2.05) is 0 Å². The summed E-state index contributed by atoms with van der Waals surface area (Å²) < 4.78 is 0. The largest absolute Gasteiger partial charge is 0.316 e. The molecule has 1 unspecified atom stereocenters. The highest BCUT2D eigenvalue weighted by molar-refractivity contribution is 4.88. The summed E-state index contributed by atoms with van der Waals surface area (Å²) in [6, 6.07) is 0.829. The maximum atomic E-state index is 3.84. The molecule has 2 nitrogen and oxygen atoms in total. The van der Waals surface area contributed by atoms with Gasteiger partial charge in [0.2, 0.25) is 0 Å². The Labute approximate surface area is 101 Å². The molecule has 0 radical (unpaired) electrons. The van der Waals surface area contributed by atoms with Crippen molar-refractivity contribution >= 4 is 0 Å². The summed E-state index contributed by atoms with van der Waals surface area (Å²) in [5.41, 5.74) is 0.565. The van der Waals surface area contributed by atoms with Crippen LogP contribution in [0.2, 0.25) is 0 Å². The second-order valence-electron chi connectivity index (χ2n) is 5.89. The van der Waals surface area contributed by atoms with Crippen LogP contribution in [0.1, 0.15) is 58.3 Å². The summed E-state index contributed by atoms with van der Waals surface area (Å²) in [5, 5.41) is 7.43. The maximum absolute atomic E-state index is 3.84. The molecule has 2 fully saturated rings. The van der Waals surface area contributed by atoms with Gasteiger partial charge in [0, 0.05) is 19.1 Å². The molecule has 0 aromatic carbocycles. The van der Waals surface area contributed by atoms with Crippen molar-refractivity contribution < 1.29 is 0 Å². The number of rotatable bonds is 5. The molecule has 0 spiro atoms. The lowest BCUT2D eigenvalue weighted by molar-refractivity contribution is 0.176. The number of hydrogen-bond acceptors (Lipinski definition) is 2. The minimum absolute atomic E-state index is 0.565. The Bertz CT molecular complexity index is 185. The van der Waals surface area contributed by atoms with E-state index in [-0.39, 0.29) is 0 Å². The molecule has 1 aliphatic heterocycles. The third kappa shape index (κ3) is 3.21. The molecule has 2 rings (SSSR count). The molecule has 1 saturated heterocycles. The zero-order valence-electron chi connectivity index (χ0n) is 10.9. The molecule has 0 aromatic rings. The topological polar surface area (TPSA) is 24.1 Å². The first-order chi connectivity index (χ1) is 7.85. The van der Waals surface area contributed by atoms with Crippen LogP contribution in [0.5, 0.6) is 0 Å². The lowest BCUT2D eigenvalue weighted by atomic mass is 9.77. The van der Waals surface area contributed by atoms with Gasteiger partial charge in [0.15, 0.2) is 0 Å². The zero-order valence-corrected chi connectivity index (χ0v) is 10.9. The van der Waals surface area contributed by atoms with Crippen LogP contribution in [-0.4, -0.2) is 25.7 Å². The van der Waals surface area contributed by atoms with E-state index in [1.54, 1.807) is 0 Å². The van der Waals surface area contributed by atoms with Gasteiger partial charge in [-0.15, -0.1) is 0 Å². The fraction of sp³-hybridized carbons (Fsp3) is 1.00. The van der Waals surface area contributed by atoms with E-state index in [1.165, 1.54) is 71.0 Å². The molecule has 2 heteroatoms. The van der Waals surface area contributed by atoms with Crippen molar-refractivity contribution in [2.24, 2.45) is 5.41 Å². The van der Waals surface area contributed by atoms with Gasteiger partial charge in [-0.1, -0.05) is 26.2 Å². The van der Waals surface area contributed by atoms with Gasteiger partial charge in [0.1, 0.15) is 0 Å². The lowest BCUT2D eigenvalue weighted by Crippen LogP contribution is -2.48. The van der Waals surface area contributed by atoms with Gasteiger partial charge in [-0.2, -0.15) is 0 Å². The maximum Gasteiger partial charge on any atom is 0.00673 e. The third-order valence-electron chi connectivity index (χ3n) is 4.46. The van der Waals surface area contributed by atoms with Crippen LogP contribution in [0.3, 0.4) is 0 Å². The van der Waals surface area contributed by atoms with Crippen LogP contribution in [0.25, 0.3) is 0 Å². The molecule has 1 atom stereocenters. The van der Waals surface area contributed by atoms with Crippen LogP contribution < -0.4 is 10.6 Å². The standard InChI is InChI=1S/C14H28N2/c1-2-8-14(9-5-10-15-11-14)12-16-13-6-3-4-7-13/h13,15-16H,2-12H2,1H3. The Balaban J connectivity index is 1.80. The SMILES string of the molecule is CCCC1(CNC2CCCC2)CCCNC1. The van der Waals surface area contributed by atoms with Crippen molar-refractivity contribution in [3.05, 3.63) is 0 Å². The second-order valence-corrected chi connectivity index (χ2v) is 5.89. The van der Waals surface area contributed by atoms with Crippen molar-refractivity contribution in [2.45, 2.75) is 64.3 Å². The average molecular weight is 224 g/mol. The highest BCUT2D eigenvalue weighted by Gasteiger charge is 2.31. The van der Waals surface area contributed by atoms with Crippen molar-refractivity contribution in [2.75, 3.05) is 19.6 Å². The minimum Gasteiger partial charge on any atom is -0.316 e. The van der Waals surface area contributed by atoms with Crippen molar-refractivity contribution in [3.8, 4) is 0 Å². The third-order valence-corrected chi connectivity index (χ3v) is 4.46. The zero-order chi connectivity index (χ0) is 11.3. The van der Waals surface area contributed by atoms with Gasteiger partial charge in [-0.3, -0.25) is 0 Å². The van der Waals surface area contributed by atoms with E-state index < -0.39 is 0 Å². The molecular formula is C14H28N2. The molecule has 0 aromatic heterocycles. The highest BCUT2D eigenvalue weighted by atomic mass is 15.0. The van der Waals surface area contributed by atoms with E-state index in [0.717, 1.165) is 6.04 Å². The molecule has 1 aliphatic carbocycles. The molecule has 1 saturated carbocycles. The minimum atomic E-state index is 0.565. The van der Waals surface area contributed by atoms with Gasteiger partial charge in [-0.25, -0.2) is 0 Å². The average Bonchev–Trinajstić information content (AvgIpc) is 2.81. The van der Waals surface area contributed by atoms with Gasteiger partial charge in [-0.05, 0) is 44.1 Å². The normalized spacial score (nSPS) is 32.1. The van der Waals surface area contributed by atoms with Gasteiger partial charge >= 0.3 is 0 Å². The van der Waals surface area contributed by atoms with Crippen LogP contribution in [0.15, 0.2) is 0 Å². The first kappa shape index (κ1) is 12.4. The Kier molecular flexibility index (Phi) is 4.66. The lowest BCUT2D eigenvalue weighted by Gasteiger charge is -2.39. The summed E-state index contributed by atoms with van der Waals surface area (Å²) in [6.45, 7) is 6.04. The summed E-state index contributed by atoms with van der Waals surface area (Å²) in [4.78, 5) is 0. The summed E-state index contributed by atoms with van der Waals surface area (Å²) >= 11 is 0. The van der Waals surface area contributed by atoms with Crippen LogP contribution in [-0.2, 0) is 0 Å². The van der Waals surface area contributed by atoms with E-state index in [2.05, 4.69) is 17.6 Å². The summed E-state index contributed by atoms with van der Waals surface area (Å²) in [5.74, 6) is 0. The smallest absolute Gasteiger partial charge is 0.00673 e. The van der Waals surface area contributed by atoms with Gasteiger partial charge < -0.3 is 10.6 Å². The van der Waals surface area contributed by atoms with E-state index in [0.29, 0.717) is 5.41 Å². The van der Waals surface area contributed by atoms with Crippen molar-refractivity contribution in [1.29, 1.82) is 0 Å². The Morgan fingerprint density at radius 3 is 2.69 bits per heavy atom. The molecular weight excluding hydrogens is 196 g/mol. The monoisotopic (exact) mass is 224 g/mol. The predicted octanol–water partition coefficient (Wildman–Crippen LogP) is 2.69. The van der Waals surface area contributed by atoms with Crippen molar-refractivity contribution in [1.82, 2.24) is 10.6 Å². The quantitative estimate of drug-likeness (QED) is 0.750. The van der Waals surface area contributed by atoms with Crippen molar-refractivity contribution in [3.63, 3.8) is 0 Å². The van der Waals surface area contributed by atoms with E-state index in [9.17, 15) is 0 Å². The molecule has 0 bridgehead atoms. The second kappa shape index (κ2) is 6.02. The number of piperidine rings is 1. The first-order valence-electron chi connectivity index (χ1n) is 7.29. The highest BCUT2D eigenvalue weighted by Crippen LogP contribution is 2.31. The summed E-state index contributed by atoms with van der Waals surface area (Å²) in [6.07, 6.45) is 11.2. The molecule has 94 valence electrons. The number of hydrogen-bond donors (Lipinski definition) is 2. The van der Waals surface area contributed by atoms with Crippen LogP contribution >= 0.6 is 0 Å². The molecule has 2 aliphatic rings. The Morgan fingerprint density at radius 1 is 1.25 bits per heavy atom.